The fourth-order valence-electron chi connectivity index (χ4n) is 2.52. The van der Waals surface area contributed by atoms with Gasteiger partial charge in [0.1, 0.15) is 5.78 Å². The number of thiophene rings is 2. The van der Waals surface area contributed by atoms with Gasteiger partial charge in [0.15, 0.2) is 0 Å². The molecule has 3 nitrogen and oxygen atoms in total. The third kappa shape index (κ3) is 2.44. The standard InChI is InChI=1S/C14H15NO2S2/c1-15(9-2-4-10(16)5-3-9)14(17)13-8-12-11(19-13)6-7-18-12/h6-9H,2-5H2,1H3. The lowest BCUT2D eigenvalue weighted by Gasteiger charge is -2.30. The van der Waals surface area contributed by atoms with E-state index in [2.05, 4.69) is 6.07 Å². The van der Waals surface area contributed by atoms with E-state index in [1.165, 1.54) is 9.40 Å². The monoisotopic (exact) mass is 293 g/mol. The van der Waals surface area contributed by atoms with Gasteiger partial charge in [-0.05, 0) is 30.4 Å². The first-order chi connectivity index (χ1) is 9.15. The number of amides is 1. The van der Waals surface area contributed by atoms with Gasteiger partial charge < -0.3 is 4.90 Å². The lowest BCUT2D eigenvalue weighted by atomic mass is 9.93. The van der Waals surface area contributed by atoms with Crippen LogP contribution in [-0.2, 0) is 4.79 Å². The Morgan fingerprint density at radius 3 is 2.74 bits per heavy atom. The SMILES string of the molecule is CN(C(=O)c1cc2sccc2s1)C1CCC(=O)CC1. The molecule has 0 saturated heterocycles. The molecular formula is C14H15NO2S2. The van der Waals surface area contributed by atoms with E-state index in [1.807, 2.05) is 23.4 Å². The van der Waals surface area contributed by atoms with Gasteiger partial charge in [-0.15, -0.1) is 22.7 Å². The van der Waals surface area contributed by atoms with Gasteiger partial charge in [-0.2, -0.15) is 0 Å². The second-order valence-electron chi connectivity index (χ2n) is 4.95. The van der Waals surface area contributed by atoms with Gasteiger partial charge in [0, 0.05) is 35.3 Å². The number of rotatable bonds is 2. The van der Waals surface area contributed by atoms with Crippen LogP contribution in [0.2, 0.25) is 0 Å². The van der Waals surface area contributed by atoms with Crippen LogP contribution in [0.25, 0.3) is 9.40 Å². The molecule has 0 bridgehead atoms. The number of carbonyl (C=O) groups is 2. The zero-order chi connectivity index (χ0) is 13.4. The lowest BCUT2D eigenvalue weighted by molar-refractivity contribution is -0.121. The van der Waals surface area contributed by atoms with Gasteiger partial charge in [-0.25, -0.2) is 0 Å². The summed E-state index contributed by atoms with van der Waals surface area (Å²) < 4.78 is 2.36. The van der Waals surface area contributed by atoms with E-state index in [0.717, 1.165) is 17.7 Å². The number of Topliss-reactive ketones (excluding diaryl/α,β-unsaturated/α-hetero) is 1. The van der Waals surface area contributed by atoms with Crippen molar-refractivity contribution in [3.05, 3.63) is 22.4 Å². The van der Waals surface area contributed by atoms with E-state index in [0.29, 0.717) is 18.6 Å². The second kappa shape index (κ2) is 5.06. The molecular weight excluding hydrogens is 278 g/mol. The van der Waals surface area contributed by atoms with E-state index in [9.17, 15) is 9.59 Å². The zero-order valence-electron chi connectivity index (χ0n) is 10.7. The largest absolute Gasteiger partial charge is 0.338 e. The van der Waals surface area contributed by atoms with E-state index >= 15 is 0 Å². The molecule has 1 aliphatic rings. The molecule has 19 heavy (non-hydrogen) atoms. The van der Waals surface area contributed by atoms with Crippen LogP contribution in [0, 0.1) is 0 Å². The van der Waals surface area contributed by atoms with Crippen molar-refractivity contribution in [1.82, 2.24) is 4.90 Å². The summed E-state index contributed by atoms with van der Waals surface area (Å²) in [4.78, 5) is 26.3. The van der Waals surface area contributed by atoms with Crippen LogP contribution in [0.1, 0.15) is 35.4 Å². The van der Waals surface area contributed by atoms with E-state index in [1.54, 1.807) is 22.7 Å². The third-order valence-corrected chi connectivity index (χ3v) is 5.81. The average Bonchev–Trinajstić information content (AvgIpc) is 2.98. The molecule has 0 N–H and O–H groups in total. The minimum absolute atomic E-state index is 0.0905. The Hall–Kier alpha value is -1.20. The normalized spacial score (nSPS) is 17.0. The Morgan fingerprint density at radius 1 is 1.32 bits per heavy atom. The molecule has 1 aliphatic carbocycles. The Labute approximate surface area is 119 Å². The summed E-state index contributed by atoms with van der Waals surface area (Å²) in [6, 6.07) is 4.25. The van der Waals surface area contributed by atoms with Gasteiger partial charge in [-0.1, -0.05) is 0 Å². The summed E-state index contributed by atoms with van der Waals surface area (Å²) in [5, 5.41) is 2.05. The van der Waals surface area contributed by atoms with Crippen LogP contribution >= 0.6 is 22.7 Å². The Morgan fingerprint density at radius 2 is 2.05 bits per heavy atom. The van der Waals surface area contributed by atoms with Crippen molar-refractivity contribution >= 4 is 43.8 Å². The summed E-state index contributed by atoms with van der Waals surface area (Å²) in [7, 11) is 1.86. The Kier molecular flexibility index (Phi) is 3.41. The number of ketones is 1. The number of hydrogen-bond acceptors (Lipinski definition) is 4. The van der Waals surface area contributed by atoms with Gasteiger partial charge in [0.05, 0.1) is 4.88 Å². The second-order valence-corrected chi connectivity index (χ2v) is 6.98. The van der Waals surface area contributed by atoms with Crippen molar-refractivity contribution in [1.29, 1.82) is 0 Å². The smallest absolute Gasteiger partial charge is 0.263 e. The van der Waals surface area contributed by atoms with Crippen LogP contribution in [0.3, 0.4) is 0 Å². The minimum atomic E-state index is 0.0905. The van der Waals surface area contributed by atoms with Crippen molar-refractivity contribution in [2.45, 2.75) is 31.7 Å². The maximum Gasteiger partial charge on any atom is 0.263 e. The van der Waals surface area contributed by atoms with Crippen LogP contribution < -0.4 is 0 Å². The maximum absolute atomic E-state index is 12.4. The topological polar surface area (TPSA) is 37.4 Å². The summed E-state index contributed by atoms with van der Waals surface area (Å²) in [5.41, 5.74) is 0. The molecule has 2 aromatic heterocycles. The molecule has 2 heterocycles. The predicted molar refractivity (Wildman–Crippen MR) is 79.1 cm³/mol. The molecule has 1 fully saturated rings. The first kappa shape index (κ1) is 12.8. The lowest BCUT2D eigenvalue weighted by Crippen LogP contribution is -2.39. The molecule has 0 unspecified atom stereocenters. The highest BCUT2D eigenvalue weighted by Gasteiger charge is 2.26. The highest BCUT2D eigenvalue weighted by atomic mass is 32.1. The van der Waals surface area contributed by atoms with E-state index in [4.69, 9.17) is 0 Å². The first-order valence-corrected chi connectivity index (χ1v) is 8.10. The summed E-state index contributed by atoms with van der Waals surface area (Å²) in [6.07, 6.45) is 2.84. The molecule has 1 amide bonds. The van der Waals surface area contributed by atoms with Gasteiger partial charge in [0.25, 0.3) is 5.91 Å². The van der Waals surface area contributed by atoms with Crippen LogP contribution in [0.15, 0.2) is 17.5 Å². The van der Waals surface area contributed by atoms with Gasteiger partial charge in [-0.3, -0.25) is 9.59 Å². The fourth-order valence-corrected chi connectivity index (χ4v) is 4.61. The molecule has 100 valence electrons. The molecule has 2 aromatic rings. The highest BCUT2D eigenvalue weighted by Crippen LogP contribution is 2.31. The molecule has 0 atom stereocenters. The molecule has 0 spiro atoms. The zero-order valence-corrected chi connectivity index (χ0v) is 12.4. The van der Waals surface area contributed by atoms with Crippen LogP contribution in [0.5, 0.6) is 0 Å². The molecule has 0 aliphatic heterocycles. The quantitative estimate of drug-likeness (QED) is 0.849. The van der Waals surface area contributed by atoms with E-state index < -0.39 is 0 Å². The maximum atomic E-state index is 12.4. The minimum Gasteiger partial charge on any atom is -0.338 e. The molecule has 0 radical (unpaired) electrons. The van der Waals surface area contributed by atoms with Crippen molar-refractivity contribution in [2.75, 3.05) is 7.05 Å². The molecule has 1 saturated carbocycles. The molecule has 5 heteroatoms. The predicted octanol–water partition coefficient (Wildman–Crippen LogP) is 3.55. The van der Waals surface area contributed by atoms with E-state index in [-0.39, 0.29) is 11.9 Å². The summed E-state index contributed by atoms with van der Waals surface area (Å²) >= 11 is 3.23. The van der Waals surface area contributed by atoms with Gasteiger partial charge >= 0.3 is 0 Å². The Bertz CT molecular complexity index is 590. The van der Waals surface area contributed by atoms with Crippen molar-refractivity contribution in [2.24, 2.45) is 0 Å². The van der Waals surface area contributed by atoms with Gasteiger partial charge in [0.2, 0.25) is 0 Å². The molecule has 3 rings (SSSR count). The van der Waals surface area contributed by atoms with Crippen molar-refractivity contribution in [3.8, 4) is 0 Å². The highest BCUT2D eigenvalue weighted by molar-refractivity contribution is 7.27. The van der Waals surface area contributed by atoms with Crippen molar-refractivity contribution in [3.63, 3.8) is 0 Å². The molecule has 0 aromatic carbocycles. The first-order valence-electron chi connectivity index (χ1n) is 6.41. The van der Waals surface area contributed by atoms with Crippen LogP contribution in [0.4, 0.5) is 0 Å². The van der Waals surface area contributed by atoms with Crippen molar-refractivity contribution < 1.29 is 9.59 Å². The summed E-state index contributed by atoms with van der Waals surface area (Å²) in [6.45, 7) is 0. The third-order valence-electron chi connectivity index (χ3n) is 3.73. The average molecular weight is 293 g/mol. The number of hydrogen-bond donors (Lipinski definition) is 0. The number of fused-ring (bicyclic) bond motifs is 1. The number of carbonyl (C=O) groups excluding carboxylic acids is 2. The summed E-state index contributed by atoms with van der Waals surface area (Å²) in [5.74, 6) is 0.418. The van der Waals surface area contributed by atoms with Crippen LogP contribution in [-0.4, -0.2) is 29.7 Å². The number of nitrogens with zero attached hydrogens (tertiary/aromatic N) is 1. The Balaban J connectivity index is 1.75. The fraction of sp³-hybridized carbons (Fsp3) is 0.429.